The number of anilines is 3. The number of benzene rings is 10. The molecule has 0 atom stereocenters. The molecule has 0 aliphatic heterocycles. The summed E-state index contributed by atoms with van der Waals surface area (Å²) in [6.07, 6.45) is 0. The van der Waals surface area contributed by atoms with Crippen molar-refractivity contribution in [1.29, 1.82) is 0 Å². The first kappa shape index (κ1) is 36.5. The second-order valence-electron chi connectivity index (χ2n) is 16.1. The summed E-state index contributed by atoms with van der Waals surface area (Å²) in [7, 11) is 0. The van der Waals surface area contributed by atoms with Crippen molar-refractivity contribution in [2.24, 2.45) is 0 Å². The highest BCUT2D eigenvalue weighted by Crippen LogP contribution is 2.42. The molecule has 0 aliphatic carbocycles. The molecule has 3 heteroatoms. The Morgan fingerprint density at radius 1 is 0.286 bits per heavy atom. The van der Waals surface area contributed by atoms with E-state index in [9.17, 15) is 0 Å². The van der Waals surface area contributed by atoms with Crippen LogP contribution in [-0.4, -0.2) is 4.57 Å². The Morgan fingerprint density at radius 2 is 0.698 bits per heavy atom. The van der Waals surface area contributed by atoms with E-state index >= 15 is 0 Å². The van der Waals surface area contributed by atoms with E-state index in [4.69, 9.17) is 4.42 Å². The molecule has 0 fully saturated rings. The number of rotatable bonds is 8. The SMILES string of the molecule is c1ccc(-c2ccc(-c3ccc(N(c4ccc(-c5ccccc5-n5c6ccccc6c6ccccc65)cc4)c4ccc(-c5cccc6oc7ccccc7c56)cc4)cc3)cc2)cc1. The van der Waals surface area contributed by atoms with Crippen LogP contribution in [0.5, 0.6) is 0 Å². The van der Waals surface area contributed by atoms with Crippen molar-refractivity contribution in [3.05, 3.63) is 243 Å². The summed E-state index contributed by atoms with van der Waals surface area (Å²) in [4.78, 5) is 2.35. The lowest BCUT2D eigenvalue weighted by atomic mass is 9.98. The first-order valence-electron chi connectivity index (χ1n) is 21.5. The summed E-state index contributed by atoms with van der Waals surface area (Å²) in [5.74, 6) is 0. The summed E-state index contributed by atoms with van der Waals surface area (Å²) < 4.78 is 8.67. The predicted octanol–water partition coefficient (Wildman–Crippen LogP) is 16.8. The lowest BCUT2D eigenvalue weighted by molar-refractivity contribution is 0.669. The normalized spacial score (nSPS) is 11.5. The summed E-state index contributed by atoms with van der Waals surface area (Å²) in [5, 5.41) is 4.78. The van der Waals surface area contributed by atoms with Crippen molar-refractivity contribution in [3.63, 3.8) is 0 Å². The minimum Gasteiger partial charge on any atom is -0.456 e. The number of furan rings is 1. The molecule has 2 aromatic heterocycles. The van der Waals surface area contributed by atoms with Crippen molar-refractivity contribution in [2.75, 3.05) is 4.90 Å². The van der Waals surface area contributed by atoms with Gasteiger partial charge < -0.3 is 13.9 Å². The maximum Gasteiger partial charge on any atom is 0.136 e. The zero-order chi connectivity index (χ0) is 41.7. The number of nitrogens with zero attached hydrogens (tertiary/aromatic N) is 2. The Morgan fingerprint density at radius 3 is 1.30 bits per heavy atom. The van der Waals surface area contributed by atoms with Gasteiger partial charge in [0.2, 0.25) is 0 Å². The number of hydrogen-bond donors (Lipinski definition) is 0. The molecule has 0 saturated heterocycles. The average molecular weight is 805 g/mol. The van der Waals surface area contributed by atoms with E-state index in [2.05, 4.69) is 240 Å². The first-order valence-corrected chi connectivity index (χ1v) is 21.5. The third-order valence-electron chi connectivity index (χ3n) is 12.5. The number of hydrogen-bond acceptors (Lipinski definition) is 2. The van der Waals surface area contributed by atoms with Gasteiger partial charge in [0.25, 0.3) is 0 Å². The Kier molecular flexibility index (Phi) is 8.83. The van der Waals surface area contributed by atoms with Gasteiger partial charge in [-0.3, -0.25) is 0 Å². The standard InChI is InChI=1S/C60H40N2O/c1-2-13-41(14-3-1)42-25-27-43(28-26-42)44-29-35-47(36-30-44)61(49-39-33-46(34-40-49)51-19-12-24-59-60(51)54-18-7-11-23-58(54)63-59)48-37-31-45(32-38-48)50-15-4-8-20-55(50)62-56-21-9-5-16-52(56)53-17-6-10-22-57(53)62/h1-40H. The fourth-order valence-corrected chi connectivity index (χ4v) is 9.43. The molecule has 12 aromatic rings. The molecular weight excluding hydrogens is 765 g/mol. The van der Waals surface area contributed by atoms with Crippen LogP contribution in [0.4, 0.5) is 17.1 Å². The first-order chi connectivity index (χ1) is 31.2. The third-order valence-corrected chi connectivity index (χ3v) is 12.5. The predicted molar refractivity (Wildman–Crippen MR) is 264 cm³/mol. The average Bonchev–Trinajstić information content (AvgIpc) is 3.91. The van der Waals surface area contributed by atoms with E-state index in [0.29, 0.717) is 0 Å². The fourth-order valence-electron chi connectivity index (χ4n) is 9.43. The van der Waals surface area contributed by atoms with Crippen LogP contribution in [0.3, 0.4) is 0 Å². The Hall–Kier alpha value is -8.40. The Balaban J connectivity index is 0.937. The van der Waals surface area contributed by atoms with Crippen molar-refractivity contribution >= 4 is 60.8 Å². The van der Waals surface area contributed by atoms with Gasteiger partial charge in [-0.1, -0.05) is 176 Å². The summed E-state index contributed by atoms with van der Waals surface area (Å²) >= 11 is 0. The topological polar surface area (TPSA) is 21.3 Å². The molecular formula is C60H40N2O. The van der Waals surface area contributed by atoms with Crippen molar-refractivity contribution < 1.29 is 4.42 Å². The molecule has 0 saturated carbocycles. The summed E-state index contributed by atoms with van der Waals surface area (Å²) in [6.45, 7) is 0. The highest BCUT2D eigenvalue weighted by molar-refractivity contribution is 6.12. The van der Waals surface area contributed by atoms with Crippen molar-refractivity contribution in [2.45, 2.75) is 0 Å². The second-order valence-corrected chi connectivity index (χ2v) is 16.1. The van der Waals surface area contributed by atoms with Gasteiger partial charge in [-0.05, 0) is 106 Å². The van der Waals surface area contributed by atoms with Crippen molar-refractivity contribution in [1.82, 2.24) is 4.57 Å². The molecule has 10 aromatic carbocycles. The second kappa shape index (κ2) is 15.3. The minimum atomic E-state index is 0.897. The van der Waals surface area contributed by atoms with E-state index in [1.807, 2.05) is 12.1 Å². The van der Waals surface area contributed by atoms with Crippen LogP contribution in [0.25, 0.3) is 93.9 Å². The van der Waals surface area contributed by atoms with Crippen LogP contribution in [0.15, 0.2) is 247 Å². The fraction of sp³-hybridized carbons (Fsp3) is 0. The van der Waals surface area contributed by atoms with Crippen LogP contribution in [0.2, 0.25) is 0 Å². The van der Waals surface area contributed by atoms with E-state index in [0.717, 1.165) is 61.4 Å². The molecule has 3 nitrogen and oxygen atoms in total. The summed E-state index contributed by atoms with van der Waals surface area (Å²) in [5.41, 5.74) is 18.0. The third kappa shape index (κ3) is 6.38. The van der Waals surface area contributed by atoms with Gasteiger partial charge in [-0.15, -0.1) is 0 Å². The van der Waals surface area contributed by atoms with Gasteiger partial charge >= 0.3 is 0 Å². The molecule has 0 amide bonds. The molecule has 12 rings (SSSR count). The lowest BCUT2D eigenvalue weighted by Crippen LogP contribution is -2.09. The maximum absolute atomic E-state index is 6.26. The number of aromatic nitrogens is 1. The zero-order valence-corrected chi connectivity index (χ0v) is 34.4. The molecule has 0 N–H and O–H groups in total. The minimum absolute atomic E-state index is 0.897. The van der Waals surface area contributed by atoms with E-state index in [1.54, 1.807) is 0 Å². The maximum atomic E-state index is 6.26. The monoisotopic (exact) mass is 804 g/mol. The Labute approximate surface area is 366 Å². The van der Waals surface area contributed by atoms with Gasteiger partial charge in [0.1, 0.15) is 11.2 Å². The highest BCUT2D eigenvalue weighted by Gasteiger charge is 2.18. The molecule has 0 radical (unpaired) electrons. The molecule has 0 aliphatic rings. The molecule has 0 spiro atoms. The van der Waals surface area contributed by atoms with Crippen molar-refractivity contribution in [3.8, 4) is 50.2 Å². The van der Waals surface area contributed by atoms with Gasteiger partial charge in [-0.25, -0.2) is 0 Å². The summed E-state index contributed by atoms with van der Waals surface area (Å²) in [6, 6.07) is 87.0. The Bertz CT molecular complexity index is 3530. The van der Waals surface area contributed by atoms with Crippen LogP contribution < -0.4 is 4.90 Å². The molecule has 2 heterocycles. The molecule has 296 valence electrons. The van der Waals surface area contributed by atoms with Crippen LogP contribution in [0, 0.1) is 0 Å². The van der Waals surface area contributed by atoms with E-state index < -0.39 is 0 Å². The largest absolute Gasteiger partial charge is 0.456 e. The van der Waals surface area contributed by atoms with E-state index in [-0.39, 0.29) is 0 Å². The molecule has 0 unspecified atom stereocenters. The van der Waals surface area contributed by atoms with E-state index in [1.165, 1.54) is 49.6 Å². The van der Waals surface area contributed by atoms with Crippen LogP contribution in [0.1, 0.15) is 0 Å². The zero-order valence-electron chi connectivity index (χ0n) is 34.4. The van der Waals surface area contributed by atoms with Gasteiger partial charge in [0.15, 0.2) is 0 Å². The number of fused-ring (bicyclic) bond motifs is 6. The van der Waals surface area contributed by atoms with Gasteiger partial charge in [0, 0.05) is 44.2 Å². The van der Waals surface area contributed by atoms with Crippen LogP contribution >= 0.6 is 0 Å². The van der Waals surface area contributed by atoms with Crippen LogP contribution in [-0.2, 0) is 0 Å². The highest BCUT2D eigenvalue weighted by atomic mass is 16.3. The molecule has 63 heavy (non-hydrogen) atoms. The lowest BCUT2D eigenvalue weighted by Gasteiger charge is -2.26. The van der Waals surface area contributed by atoms with Gasteiger partial charge in [0.05, 0.1) is 16.7 Å². The smallest absolute Gasteiger partial charge is 0.136 e. The van der Waals surface area contributed by atoms with Gasteiger partial charge in [-0.2, -0.15) is 0 Å². The quantitative estimate of drug-likeness (QED) is 0.153. The molecule has 0 bridgehead atoms. The number of para-hydroxylation sites is 4.